The van der Waals surface area contributed by atoms with E-state index in [9.17, 15) is 0 Å². The van der Waals surface area contributed by atoms with E-state index in [1.165, 1.54) is 38.6 Å². The van der Waals surface area contributed by atoms with E-state index in [1.54, 1.807) is 0 Å². The van der Waals surface area contributed by atoms with Crippen LogP contribution in [-0.4, -0.2) is 18.4 Å². The fourth-order valence-corrected chi connectivity index (χ4v) is 3.74. The third-order valence-electron chi connectivity index (χ3n) is 4.18. The van der Waals surface area contributed by atoms with Crippen LogP contribution in [-0.2, 0) is 4.74 Å². The summed E-state index contributed by atoms with van der Waals surface area (Å²) in [5, 5.41) is 3.64. The lowest BCUT2D eigenvalue weighted by atomic mass is 9.65. The van der Waals surface area contributed by atoms with Crippen LogP contribution in [0.15, 0.2) is 0 Å². The highest BCUT2D eigenvalue weighted by Gasteiger charge is 2.54. The Bertz CT molecular complexity index is 241. The fourth-order valence-electron chi connectivity index (χ4n) is 3.74. The van der Waals surface area contributed by atoms with E-state index in [4.69, 9.17) is 4.74 Å². The second-order valence-electron chi connectivity index (χ2n) is 6.24. The summed E-state index contributed by atoms with van der Waals surface area (Å²) in [5.41, 5.74) is 0.577. The monoisotopic (exact) mass is 195 g/mol. The van der Waals surface area contributed by atoms with Gasteiger partial charge in [0.25, 0.3) is 0 Å². The number of nitrogens with one attached hydrogen (secondary N) is 1. The lowest BCUT2D eigenvalue weighted by molar-refractivity contribution is -0.233. The summed E-state index contributed by atoms with van der Waals surface area (Å²) >= 11 is 0. The van der Waals surface area contributed by atoms with Gasteiger partial charge in [0.1, 0.15) is 5.72 Å². The van der Waals surface area contributed by atoms with Gasteiger partial charge in [0, 0.05) is 6.54 Å². The molecule has 0 aromatic carbocycles. The van der Waals surface area contributed by atoms with Crippen molar-refractivity contribution in [3.63, 3.8) is 0 Å². The first kappa shape index (κ1) is 9.17. The van der Waals surface area contributed by atoms with Crippen molar-refractivity contribution in [2.24, 2.45) is 11.3 Å². The molecule has 0 aromatic heterocycles. The van der Waals surface area contributed by atoms with Crippen molar-refractivity contribution < 1.29 is 4.74 Å². The SMILES string of the molecule is CC1(C)CC2(C1)NCC1CCCC1O2. The van der Waals surface area contributed by atoms with E-state index in [-0.39, 0.29) is 5.72 Å². The summed E-state index contributed by atoms with van der Waals surface area (Å²) in [6, 6.07) is 0. The van der Waals surface area contributed by atoms with E-state index < -0.39 is 0 Å². The second-order valence-corrected chi connectivity index (χ2v) is 6.24. The molecule has 1 spiro atoms. The maximum absolute atomic E-state index is 6.26. The number of ether oxygens (including phenoxy) is 1. The fraction of sp³-hybridized carbons (Fsp3) is 1.00. The van der Waals surface area contributed by atoms with Crippen molar-refractivity contribution in [1.82, 2.24) is 5.32 Å². The van der Waals surface area contributed by atoms with Crippen LogP contribution < -0.4 is 5.32 Å². The molecule has 2 aliphatic carbocycles. The molecule has 0 aromatic rings. The van der Waals surface area contributed by atoms with E-state index in [0.717, 1.165) is 5.92 Å². The molecule has 80 valence electrons. The van der Waals surface area contributed by atoms with Crippen molar-refractivity contribution in [3.05, 3.63) is 0 Å². The van der Waals surface area contributed by atoms with Gasteiger partial charge < -0.3 is 4.74 Å². The smallest absolute Gasteiger partial charge is 0.120 e. The second kappa shape index (κ2) is 2.73. The average Bonchev–Trinajstić information content (AvgIpc) is 2.46. The van der Waals surface area contributed by atoms with Crippen LogP contribution in [0.2, 0.25) is 0 Å². The van der Waals surface area contributed by atoms with E-state index in [0.29, 0.717) is 11.5 Å². The molecule has 2 nitrogen and oxygen atoms in total. The van der Waals surface area contributed by atoms with Gasteiger partial charge in [0.05, 0.1) is 6.10 Å². The van der Waals surface area contributed by atoms with Gasteiger partial charge in [-0.05, 0) is 37.0 Å². The van der Waals surface area contributed by atoms with Crippen LogP contribution in [0.3, 0.4) is 0 Å². The normalized spacial score (nSPS) is 43.3. The Morgan fingerprint density at radius 1 is 1.21 bits per heavy atom. The maximum atomic E-state index is 6.26. The molecule has 2 unspecified atom stereocenters. The Kier molecular flexibility index (Phi) is 1.79. The van der Waals surface area contributed by atoms with Crippen LogP contribution in [0.1, 0.15) is 46.0 Å². The van der Waals surface area contributed by atoms with Crippen LogP contribution >= 0.6 is 0 Å². The third kappa shape index (κ3) is 1.31. The van der Waals surface area contributed by atoms with Gasteiger partial charge in [0.15, 0.2) is 0 Å². The summed E-state index contributed by atoms with van der Waals surface area (Å²) in [4.78, 5) is 0. The van der Waals surface area contributed by atoms with Gasteiger partial charge in [-0.15, -0.1) is 0 Å². The van der Waals surface area contributed by atoms with E-state index >= 15 is 0 Å². The van der Waals surface area contributed by atoms with Gasteiger partial charge in [-0.2, -0.15) is 0 Å². The van der Waals surface area contributed by atoms with Crippen molar-refractivity contribution in [2.75, 3.05) is 6.54 Å². The van der Waals surface area contributed by atoms with Crippen molar-refractivity contribution >= 4 is 0 Å². The van der Waals surface area contributed by atoms with Gasteiger partial charge in [-0.1, -0.05) is 20.3 Å². The topological polar surface area (TPSA) is 21.3 Å². The predicted molar refractivity (Wildman–Crippen MR) is 56.0 cm³/mol. The molecule has 0 amide bonds. The van der Waals surface area contributed by atoms with Crippen molar-refractivity contribution in [3.8, 4) is 0 Å². The zero-order chi connectivity index (χ0) is 9.81. The summed E-state index contributed by atoms with van der Waals surface area (Å²) < 4.78 is 6.26. The molecule has 14 heavy (non-hydrogen) atoms. The molecule has 1 N–H and O–H groups in total. The van der Waals surface area contributed by atoms with Crippen LogP contribution in [0.5, 0.6) is 0 Å². The molecule has 2 heteroatoms. The highest BCUT2D eigenvalue weighted by molar-refractivity contribution is 5.03. The Hall–Kier alpha value is -0.0800. The Morgan fingerprint density at radius 2 is 2.00 bits per heavy atom. The first-order valence-corrected chi connectivity index (χ1v) is 6.02. The summed E-state index contributed by atoms with van der Waals surface area (Å²) in [5.74, 6) is 0.810. The largest absolute Gasteiger partial charge is 0.357 e. The van der Waals surface area contributed by atoms with Gasteiger partial charge in [-0.25, -0.2) is 0 Å². The first-order chi connectivity index (χ1) is 6.59. The van der Waals surface area contributed by atoms with Crippen LogP contribution in [0.4, 0.5) is 0 Å². The van der Waals surface area contributed by atoms with Crippen molar-refractivity contribution in [2.45, 2.75) is 57.8 Å². The molecular formula is C12H21NO. The predicted octanol–water partition coefficient (Wildman–Crippen LogP) is 2.29. The highest BCUT2D eigenvalue weighted by atomic mass is 16.5. The Labute approximate surface area is 86.4 Å². The van der Waals surface area contributed by atoms with E-state index in [1.807, 2.05) is 0 Å². The number of fused-ring (bicyclic) bond motifs is 1. The number of rotatable bonds is 0. The molecule has 1 heterocycles. The molecule has 0 radical (unpaired) electrons. The standard InChI is InChI=1S/C12H21NO/c1-11(2)7-12(8-11)13-6-9-4-3-5-10(9)14-12/h9-10,13H,3-8H2,1-2H3. The molecule has 2 atom stereocenters. The van der Waals surface area contributed by atoms with Gasteiger partial charge in [-0.3, -0.25) is 5.32 Å². The Morgan fingerprint density at radius 3 is 2.71 bits per heavy atom. The summed E-state index contributed by atoms with van der Waals surface area (Å²) in [7, 11) is 0. The Balaban J connectivity index is 1.68. The zero-order valence-corrected chi connectivity index (χ0v) is 9.31. The maximum Gasteiger partial charge on any atom is 0.120 e. The molecule has 2 saturated carbocycles. The molecule has 0 bridgehead atoms. The van der Waals surface area contributed by atoms with Gasteiger partial charge >= 0.3 is 0 Å². The summed E-state index contributed by atoms with van der Waals surface area (Å²) in [6.45, 7) is 5.87. The summed E-state index contributed by atoms with van der Waals surface area (Å²) in [6.07, 6.45) is 7.02. The first-order valence-electron chi connectivity index (χ1n) is 6.02. The van der Waals surface area contributed by atoms with Crippen molar-refractivity contribution in [1.29, 1.82) is 0 Å². The van der Waals surface area contributed by atoms with Crippen LogP contribution in [0, 0.1) is 11.3 Å². The third-order valence-corrected chi connectivity index (χ3v) is 4.18. The minimum Gasteiger partial charge on any atom is -0.357 e. The molecule has 3 aliphatic rings. The molecule has 3 fully saturated rings. The zero-order valence-electron chi connectivity index (χ0n) is 9.31. The average molecular weight is 195 g/mol. The minimum absolute atomic E-state index is 0.0784. The molecule has 1 saturated heterocycles. The quantitative estimate of drug-likeness (QED) is 0.640. The van der Waals surface area contributed by atoms with Crippen LogP contribution in [0.25, 0.3) is 0 Å². The van der Waals surface area contributed by atoms with Gasteiger partial charge in [0.2, 0.25) is 0 Å². The van der Waals surface area contributed by atoms with E-state index in [2.05, 4.69) is 19.2 Å². The number of hydrogen-bond donors (Lipinski definition) is 1. The lowest BCUT2D eigenvalue weighted by Gasteiger charge is -2.57. The minimum atomic E-state index is 0.0784. The number of hydrogen-bond acceptors (Lipinski definition) is 2. The molecule has 1 aliphatic heterocycles. The molecule has 3 rings (SSSR count). The highest BCUT2D eigenvalue weighted by Crippen LogP contribution is 2.52. The molecular weight excluding hydrogens is 174 g/mol. The lowest BCUT2D eigenvalue weighted by Crippen LogP contribution is -2.66.